The van der Waals surface area contributed by atoms with Crippen molar-refractivity contribution in [2.24, 2.45) is 5.73 Å². The molecule has 0 spiro atoms. The number of rotatable bonds is 8. The van der Waals surface area contributed by atoms with Crippen LogP contribution in [0, 0.1) is 0 Å². The summed E-state index contributed by atoms with van der Waals surface area (Å²) >= 11 is 1.43. The smallest absolute Gasteiger partial charge is 0.362 e. The van der Waals surface area contributed by atoms with Gasteiger partial charge >= 0.3 is 11.9 Å². The summed E-state index contributed by atoms with van der Waals surface area (Å²) in [6, 6.07) is 8.12. The largest absolute Gasteiger partial charge is 0.477 e. The van der Waals surface area contributed by atoms with Crippen molar-refractivity contribution < 1.29 is 29.1 Å². The fraction of sp³-hybridized carbons (Fsp3) is 0.381. The number of allylic oxidation sites excluding steroid dienone is 1. The van der Waals surface area contributed by atoms with Gasteiger partial charge in [-0.05, 0) is 17.2 Å². The molecule has 9 heteroatoms. The van der Waals surface area contributed by atoms with Crippen molar-refractivity contribution in [3.8, 4) is 0 Å². The molecule has 30 heavy (non-hydrogen) atoms. The minimum atomic E-state index is -1.17. The molecule has 8 nitrogen and oxygen atoms in total. The van der Waals surface area contributed by atoms with Crippen molar-refractivity contribution in [2.75, 3.05) is 26.4 Å². The van der Waals surface area contributed by atoms with Gasteiger partial charge < -0.3 is 20.4 Å². The van der Waals surface area contributed by atoms with Crippen molar-refractivity contribution in [1.29, 1.82) is 0 Å². The van der Waals surface area contributed by atoms with Crippen LogP contribution in [-0.2, 0) is 20.8 Å². The molecule has 3 atom stereocenters. The van der Waals surface area contributed by atoms with E-state index in [1.54, 1.807) is 12.2 Å². The molecule has 0 saturated carbocycles. The van der Waals surface area contributed by atoms with E-state index in [0.717, 1.165) is 5.56 Å². The van der Waals surface area contributed by atoms with E-state index in [9.17, 15) is 24.6 Å². The number of nitrogens with zero attached hydrogens (tertiary/aromatic N) is 2. The number of likely N-dealkylation sites (N-methyl/N-ethyl adjacent to an activating group) is 1. The number of benzene rings is 1. The third-order valence-electron chi connectivity index (χ3n) is 5.54. The van der Waals surface area contributed by atoms with Gasteiger partial charge in [0.05, 0.1) is 20.6 Å². The first-order chi connectivity index (χ1) is 14.1. The predicted molar refractivity (Wildman–Crippen MR) is 113 cm³/mol. The highest BCUT2D eigenvalue weighted by atomic mass is 32.2. The molecule has 0 radical (unpaired) electrons. The topological polar surface area (TPSA) is 121 Å². The molecule has 4 N–H and O–H groups in total. The second kappa shape index (κ2) is 8.63. The highest BCUT2D eigenvalue weighted by molar-refractivity contribution is 8.00. The predicted octanol–water partition coefficient (Wildman–Crippen LogP) is 0.896. The normalized spacial score (nSPS) is 22.6. The zero-order valence-corrected chi connectivity index (χ0v) is 17.7. The average Bonchev–Trinajstić information content (AvgIpc) is 2.71. The van der Waals surface area contributed by atoms with Crippen LogP contribution in [0.1, 0.15) is 5.56 Å². The number of hydrogen-bond donors (Lipinski definition) is 3. The lowest BCUT2D eigenvalue weighted by Gasteiger charge is -2.47. The minimum Gasteiger partial charge on any atom is -0.477 e. The van der Waals surface area contributed by atoms with Gasteiger partial charge in [0.2, 0.25) is 5.91 Å². The number of carbonyl (C=O) groups is 3. The van der Waals surface area contributed by atoms with E-state index in [4.69, 9.17) is 5.73 Å². The maximum atomic E-state index is 12.0. The molecule has 1 amide bonds. The summed E-state index contributed by atoms with van der Waals surface area (Å²) in [4.78, 5) is 36.9. The maximum absolute atomic E-state index is 12.0. The van der Waals surface area contributed by atoms with Crippen LogP contribution in [-0.4, -0.2) is 81.3 Å². The second-order valence-corrected chi connectivity index (χ2v) is 9.13. The summed E-state index contributed by atoms with van der Waals surface area (Å²) in [5, 5.41) is 19.0. The summed E-state index contributed by atoms with van der Waals surface area (Å²) in [5.41, 5.74) is 7.20. The summed E-state index contributed by atoms with van der Waals surface area (Å²) in [5.74, 6) is -2.01. The Kier molecular flexibility index (Phi) is 6.35. The fourth-order valence-electron chi connectivity index (χ4n) is 3.73. The summed E-state index contributed by atoms with van der Waals surface area (Å²) < 4.78 is 0.194. The number of β-lactam (4-membered cyclic amide) rings is 1. The Balaban J connectivity index is 1.77. The Hall–Kier alpha value is -2.62. The third kappa shape index (κ3) is 4.28. The molecule has 2 aliphatic rings. The van der Waals surface area contributed by atoms with E-state index in [1.165, 1.54) is 16.7 Å². The number of aliphatic carboxylic acids is 2. The number of carbonyl (C=O) groups excluding carboxylic acids is 1. The number of nitrogens with two attached hydrogens (primary N) is 1. The van der Waals surface area contributed by atoms with Gasteiger partial charge in [0.25, 0.3) is 0 Å². The molecule has 0 aromatic heterocycles. The van der Waals surface area contributed by atoms with Gasteiger partial charge in [0.15, 0.2) is 6.04 Å². The number of amides is 1. The second-order valence-electron chi connectivity index (χ2n) is 8.02. The minimum absolute atomic E-state index is 0.0360. The number of quaternary nitrogens is 1. The highest BCUT2D eigenvalue weighted by Crippen LogP contribution is 2.39. The molecule has 1 aromatic rings. The van der Waals surface area contributed by atoms with E-state index >= 15 is 0 Å². The number of carboxylic acids is 2. The average molecular weight is 433 g/mol. The van der Waals surface area contributed by atoms with Crippen molar-refractivity contribution in [3.63, 3.8) is 0 Å². The molecule has 1 saturated heterocycles. The lowest BCUT2D eigenvalue weighted by molar-refractivity contribution is -0.900. The fourth-order valence-corrected chi connectivity index (χ4v) is 5.00. The van der Waals surface area contributed by atoms with Crippen LogP contribution in [0.4, 0.5) is 0 Å². The lowest BCUT2D eigenvalue weighted by Crippen LogP contribution is -2.68. The molecule has 2 aliphatic heterocycles. The number of hydrogen-bond acceptors (Lipinski definition) is 5. The molecule has 0 unspecified atom stereocenters. The Morgan fingerprint density at radius 1 is 1.30 bits per heavy atom. The molecule has 160 valence electrons. The molecule has 1 aromatic carbocycles. The summed E-state index contributed by atoms with van der Waals surface area (Å²) in [6.45, 7) is 0.391. The van der Waals surface area contributed by atoms with E-state index < -0.39 is 24.0 Å². The Labute approximate surface area is 179 Å². The molecule has 2 heterocycles. The van der Waals surface area contributed by atoms with Gasteiger partial charge in [-0.15, -0.1) is 11.8 Å². The monoisotopic (exact) mass is 432 g/mol. The standard InChI is InChI=1S/C21H25N3O5S/c1-24(2,15(20(26)27)11-13-7-4-3-5-8-13)10-6-9-14-12-30-19-16(22)18(25)23(19)17(14)21(28)29/h3-9,15-16,19H,10-12,22H2,1-2H3,(H-,26,27,28,29)/p+1/b9-6+/t15-,16+,19+/m0/s1. The van der Waals surface area contributed by atoms with Crippen molar-refractivity contribution in [3.05, 3.63) is 59.3 Å². The highest BCUT2D eigenvalue weighted by Gasteiger charge is 2.51. The lowest BCUT2D eigenvalue weighted by atomic mass is 10.0. The number of carboxylic acid groups (broad SMARTS) is 2. The first-order valence-electron chi connectivity index (χ1n) is 9.56. The molecule has 0 aliphatic carbocycles. The summed E-state index contributed by atoms with van der Waals surface area (Å²) in [6.07, 6.45) is 3.85. The van der Waals surface area contributed by atoms with E-state index in [0.29, 0.717) is 24.3 Å². The van der Waals surface area contributed by atoms with Crippen LogP contribution in [0.2, 0.25) is 0 Å². The van der Waals surface area contributed by atoms with Gasteiger partial charge in [0, 0.05) is 12.2 Å². The quantitative estimate of drug-likeness (QED) is 0.412. The Morgan fingerprint density at radius 3 is 2.57 bits per heavy atom. The van der Waals surface area contributed by atoms with Crippen molar-refractivity contribution in [1.82, 2.24) is 4.90 Å². The van der Waals surface area contributed by atoms with Crippen LogP contribution in [0.5, 0.6) is 0 Å². The van der Waals surface area contributed by atoms with Gasteiger partial charge in [0.1, 0.15) is 17.1 Å². The van der Waals surface area contributed by atoms with Crippen LogP contribution in [0.3, 0.4) is 0 Å². The van der Waals surface area contributed by atoms with Gasteiger partial charge in [-0.3, -0.25) is 9.69 Å². The van der Waals surface area contributed by atoms with Crippen LogP contribution in [0.15, 0.2) is 53.8 Å². The van der Waals surface area contributed by atoms with Crippen LogP contribution >= 0.6 is 11.8 Å². The zero-order valence-electron chi connectivity index (χ0n) is 16.9. The van der Waals surface area contributed by atoms with Crippen LogP contribution < -0.4 is 5.73 Å². The third-order valence-corrected chi connectivity index (χ3v) is 6.86. The van der Waals surface area contributed by atoms with Crippen molar-refractivity contribution in [2.45, 2.75) is 23.9 Å². The summed E-state index contributed by atoms with van der Waals surface area (Å²) in [7, 11) is 3.67. The van der Waals surface area contributed by atoms with Crippen molar-refractivity contribution >= 4 is 29.6 Å². The van der Waals surface area contributed by atoms with Gasteiger partial charge in [-0.2, -0.15) is 0 Å². The van der Waals surface area contributed by atoms with Gasteiger partial charge in [-0.25, -0.2) is 9.59 Å². The zero-order chi connectivity index (χ0) is 22.1. The first kappa shape index (κ1) is 22.1. The SMILES string of the molecule is C[N+](C)(C/C=C/C1=C(C(=O)O)N2C(=O)[C@@H](N)[C@H]2SC1)[C@@H](Cc1ccccc1)C(=O)O. The maximum Gasteiger partial charge on any atom is 0.362 e. The van der Waals surface area contributed by atoms with E-state index in [1.807, 2.05) is 44.4 Å². The number of thioether (sulfide) groups is 1. The Morgan fingerprint density at radius 2 is 1.97 bits per heavy atom. The molecule has 0 bridgehead atoms. The van der Waals surface area contributed by atoms with Gasteiger partial charge in [-0.1, -0.05) is 36.4 Å². The van der Waals surface area contributed by atoms with Crippen LogP contribution in [0.25, 0.3) is 0 Å². The Bertz CT molecular complexity index is 912. The molecular weight excluding hydrogens is 406 g/mol. The molecular formula is C21H26N3O5S+. The first-order valence-corrected chi connectivity index (χ1v) is 10.6. The van der Waals surface area contributed by atoms with E-state index in [2.05, 4.69) is 0 Å². The molecule has 1 fully saturated rings. The van der Waals surface area contributed by atoms with E-state index in [-0.39, 0.29) is 21.5 Å². The number of fused-ring (bicyclic) bond motifs is 1. The molecule has 3 rings (SSSR count).